The molecular weight excluding hydrogens is 202 g/mol. The molecule has 0 spiro atoms. The van der Waals surface area contributed by atoms with Gasteiger partial charge in [-0.2, -0.15) is 0 Å². The number of nitrogens with zero attached hydrogens (tertiary/aromatic N) is 2. The topological polar surface area (TPSA) is 47.0 Å². The van der Waals surface area contributed by atoms with E-state index in [2.05, 4.69) is 29.1 Å². The summed E-state index contributed by atoms with van der Waals surface area (Å²) >= 11 is 0. The van der Waals surface area contributed by atoms with Gasteiger partial charge in [0.25, 0.3) is 0 Å². The van der Waals surface area contributed by atoms with Crippen LogP contribution in [0.1, 0.15) is 32.4 Å². The Bertz CT molecular complexity index is 304. The van der Waals surface area contributed by atoms with Crippen molar-refractivity contribution in [2.75, 3.05) is 13.7 Å². The van der Waals surface area contributed by atoms with Gasteiger partial charge in [0.15, 0.2) is 0 Å². The van der Waals surface area contributed by atoms with Crippen LogP contribution < -0.4 is 10.1 Å². The molecule has 0 fully saturated rings. The Kier molecular flexibility index (Phi) is 5.78. The fraction of sp³-hybridized carbons (Fsp3) is 0.667. The van der Waals surface area contributed by atoms with Gasteiger partial charge in [-0.1, -0.05) is 6.92 Å². The summed E-state index contributed by atoms with van der Waals surface area (Å²) in [6.45, 7) is 5.43. The van der Waals surface area contributed by atoms with E-state index in [4.69, 9.17) is 4.74 Å². The highest BCUT2D eigenvalue weighted by Crippen LogP contribution is 2.13. The van der Waals surface area contributed by atoms with E-state index in [9.17, 15) is 0 Å². The number of hydrogen-bond acceptors (Lipinski definition) is 4. The van der Waals surface area contributed by atoms with Crippen molar-refractivity contribution in [2.45, 2.75) is 39.2 Å². The highest BCUT2D eigenvalue weighted by atomic mass is 16.5. The lowest BCUT2D eigenvalue weighted by molar-refractivity contribution is 0.386. The van der Waals surface area contributed by atoms with E-state index >= 15 is 0 Å². The summed E-state index contributed by atoms with van der Waals surface area (Å²) < 4.78 is 5.16. The molecule has 90 valence electrons. The van der Waals surface area contributed by atoms with Crippen LogP contribution >= 0.6 is 0 Å². The van der Waals surface area contributed by atoms with Crippen molar-refractivity contribution in [1.29, 1.82) is 0 Å². The van der Waals surface area contributed by atoms with E-state index in [1.165, 1.54) is 6.42 Å². The van der Waals surface area contributed by atoms with Gasteiger partial charge < -0.3 is 10.1 Å². The molecule has 0 aliphatic rings. The molecule has 4 heteroatoms. The second-order valence-corrected chi connectivity index (χ2v) is 3.91. The number of ether oxygens (including phenoxy) is 1. The fourth-order valence-corrected chi connectivity index (χ4v) is 1.54. The lowest BCUT2D eigenvalue weighted by Crippen LogP contribution is -2.27. The largest absolute Gasteiger partial charge is 0.480 e. The molecule has 1 unspecified atom stereocenters. The number of aryl methyl sites for hydroxylation is 1. The molecule has 16 heavy (non-hydrogen) atoms. The van der Waals surface area contributed by atoms with Crippen LogP contribution in [0.2, 0.25) is 0 Å². The van der Waals surface area contributed by atoms with Gasteiger partial charge >= 0.3 is 0 Å². The summed E-state index contributed by atoms with van der Waals surface area (Å²) in [6, 6.07) is 0.506. The van der Waals surface area contributed by atoms with Crippen LogP contribution in [0.25, 0.3) is 0 Å². The fourth-order valence-electron chi connectivity index (χ4n) is 1.54. The third-order valence-electron chi connectivity index (χ3n) is 2.49. The first-order valence-corrected chi connectivity index (χ1v) is 5.85. The average Bonchev–Trinajstić information content (AvgIpc) is 2.34. The third kappa shape index (κ3) is 4.14. The summed E-state index contributed by atoms with van der Waals surface area (Å²) in [5, 5.41) is 3.45. The Morgan fingerprint density at radius 2 is 2.12 bits per heavy atom. The Balaban J connectivity index is 2.41. The molecule has 4 nitrogen and oxygen atoms in total. The summed E-state index contributed by atoms with van der Waals surface area (Å²) in [7, 11) is 1.63. The molecular formula is C12H21N3O. The zero-order chi connectivity index (χ0) is 11.8. The minimum atomic E-state index is 0.506. The van der Waals surface area contributed by atoms with E-state index in [1.54, 1.807) is 19.5 Å². The second kappa shape index (κ2) is 7.17. The van der Waals surface area contributed by atoms with Crippen molar-refractivity contribution in [1.82, 2.24) is 15.3 Å². The quantitative estimate of drug-likeness (QED) is 0.765. The Labute approximate surface area is 97.5 Å². The van der Waals surface area contributed by atoms with Crippen molar-refractivity contribution in [3.63, 3.8) is 0 Å². The van der Waals surface area contributed by atoms with Crippen LogP contribution in [-0.2, 0) is 6.42 Å². The van der Waals surface area contributed by atoms with Gasteiger partial charge in [0, 0.05) is 18.4 Å². The zero-order valence-corrected chi connectivity index (χ0v) is 10.4. The molecule has 0 amide bonds. The molecule has 0 saturated carbocycles. The molecule has 0 bridgehead atoms. The second-order valence-electron chi connectivity index (χ2n) is 3.91. The Hall–Kier alpha value is -1.16. The number of aromatic nitrogens is 2. The minimum Gasteiger partial charge on any atom is -0.480 e. The number of rotatable bonds is 7. The molecule has 1 heterocycles. The standard InChI is InChI=1S/C12H21N3O/c1-4-7-13-10(2)5-6-11-12(16-3)15-9-8-14-11/h8-10,13H,4-7H2,1-3H3. The molecule has 1 atom stereocenters. The molecule has 0 saturated heterocycles. The van der Waals surface area contributed by atoms with E-state index in [0.29, 0.717) is 11.9 Å². The van der Waals surface area contributed by atoms with Gasteiger partial charge in [-0.05, 0) is 32.7 Å². The number of nitrogens with one attached hydrogen (secondary N) is 1. The highest BCUT2D eigenvalue weighted by Gasteiger charge is 2.07. The van der Waals surface area contributed by atoms with Gasteiger partial charge in [0.1, 0.15) is 5.69 Å². The summed E-state index contributed by atoms with van der Waals surface area (Å²) in [5.74, 6) is 0.644. The molecule has 0 aromatic carbocycles. The van der Waals surface area contributed by atoms with Gasteiger partial charge in [-0.3, -0.25) is 4.98 Å². The first-order chi connectivity index (χ1) is 7.77. The monoisotopic (exact) mass is 223 g/mol. The smallest absolute Gasteiger partial charge is 0.235 e. The summed E-state index contributed by atoms with van der Waals surface area (Å²) in [4.78, 5) is 8.42. The van der Waals surface area contributed by atoms with Gasteiger partial charge in [-0.25, -0.2) is 4.98 Å². The normalized spacial score (nSPS) is 12.4. The maximum atomic E-state index is 5.16. The van der Waals surface area contributed by atoms with E-state index in [0.717, 1.165) is 25.1 Å². The molecule has 0 aliphatic heterocycles. The Morgan fingerprint density at radius 3 is 2.81 bits per heavy atom. The number of hydrogen-bond donors (Lipinski definition) is 1. The summed E-state index contributed by atoms with van der Waals surface area (Å²) in [5.41, 5.74) is 0.940. The van der Waals surface area contributed by atoms with E-state index in [1.807, 2.05) is 0 Å². The lowest BCUT2D eigenvalue weighted by Gasteiger charge is -2.13. The highest BCUT2D eigenvalue weighted by molar-refractivity contribution is 5.17. The van der Waals surface area contributed by atoms with Crippen molar-refractivity contribution in [2.24, 2.45) is 0 Å². The molecule has 0 radical (unpaired) electrons. The predicted molar refractivity (Wildman–Crippen MR) is 64.7 cm³/mol. The van der Waals surface area contributed by atoms with Crippen LogP contribution in [0, 0.1) is 0 Å². The molecule has 1 rings (SSSR count). The first kappa shape index (κ1) is 12.9. The van der Waals surface area contributed by atoms with E-state index < -0.39 is 0 Å². The van der Waals surface area contributed by atoms with E-state index in [-0.39, 0.29) is 0 Å². The van der Waals surface area contributed by atoms with Crippen LogP contribution in [0.5, 0.6) is 5.88 Å². The van der Waals surface area contributed by atoms with Crippen LogP contribution in [0.4, 0.5) is 0 Å². The lowest BCUT2D eigenvalue weighted by atomic mass is 10.1. The average molecular weight is 223 g/mol. The van der Waals surface area contributed by atoms with Crippen LogP contribution in [0.15, 0.2) is 12.4 Å². The summed E-state index contributed by atoms with van der Waals surface area (Å²) in [6.07, 6.45) is 6.48. The first-order valence-electron chi connectivity index (χ1n) is 5.85. The van der Waals surface area contributed by atoms with Crippen LogP contribution in [-0.4, -0.2) is 29.7 Å². The van der Waals surface area contributed by atoms with Gasteiger partial charge in [-0.15, -0.1) is 0 Å². The van der Waals surface area contributed by atoms with Crippen molar-refractivity contribution >= 4 is 0 Å². The molecule has 1 aromatic heterocycles. The van der Waals surface area contributed by atoms with Gasteiger partial charge in [0.2, 0.25) is 5.88 Å². The SMILES string of the molecule is CCCNC(C)CCc1nccnc1OC. The molecule has 0 aliphatic carbocycles. The maximum absolute atomic E-state index is 5.16. The minimum absolute atomic E-state index is 0.506. The molecule has 1 N–H and O–H groups in total. The maximum Gasteiger partial charge on any atom is 0.235 e. The number of methoxy groups -OCH3 is 1. The predicted octanol–water partition coefficient (Wildman–Crippen LogP) is 1.81. The third-order valence-corrected chi connectivity index (χ3v) is 2.49. The zero-order valence-electron chi connectivity index (χ0n) is 10.4. The van der Waals surface area contributed by atoms with Crippen LogP contribution in [0.3, 0.4) is 0 Å². The van der Waals surface area contributed by atoms with Gasteiger partial charge in [0.05, 0.1) is 7.11 Å². The molecule has 1 aromatic rings. The van der Waals surface area contributed by atoms with Crippen molar-refractivity contribution in [3.8, 4) is 5.88 Å². The Morgan fingerprint density at radius 1 is 1.38 bits per heavy atom. The van der Waals surface area contributed by atoms with Crippen molar-refractivity contribution < 1.29 is 4.74 Å². The van der Waals surface area contributed by atoms with Crippen molar-refractivity contribution in [3.05, 3.63) is 18.1 Å².